The van der Waals surface area contributed by atoms with Crippen molar-refractivity contribution in [2.75, 3.05) is 19.6 Å². The molecule has 4 aliphatic rings. The van der Waals surface area contributed by atoms with Gasteiger partial charge in [-0.1, -0.05) is 6.92 Å². The zero-order chi connectivity index (χ0) is 11.9. The Bertz CT molecular complexity index is 256. The maximum atomic E-state index is 9.57. The van der Waals surface area contributed by atoms with E-state index < -0.39 is 0 Å². The van der Waals surface area contributed by atoms with E-state index in [-0.39, 0.29) is 6.10 Å². The van der Waals surface area contributed by atoms with Crippen LogP contribution in [-0.4, -0.2) is 35.7 Å². The van der Waals surface area contributed by atoms with Crippen molar-refractivity contribution in [3.05, 3.63) is 0 Å². The first kappa shape index (κ1) is 12.0. The highest BCUT2D eigenvalue weighted by Crippen LogP contribution is 2.56. The van der Waals surface area contributed by atoms with E-state index in [2.05, 4.69) is 11.8 Å². The fraction of sp³-hybridized carbons (Fsp3) is 1.00. The van der Waals surface area contributed by atoms with Crippen molar-refractivity contribution in [3.8, 4) is 0 Å². The molecule has 4 rings (SSSR count). The van der Waals surface area contributed by atoms with E-state index in [1.807, 2.05) is 0 Å². The molecular weight excluding hydrogens is 210 g/mol. The van der Waals surface area contributed by atoms with Crippen molar-refractivity contribution in [1.82, 2.24) is 4.90 Å². The molecule has 2 nitrogen and oxygen atoms in total. The van der Waals surface area contributed by atoms with Gasteiger partial charge in [-0.2, -0.15) is 0 Å². The molecule has 0 radical (unpaired) electrons. The van der Waals surface area contributed by atoms with Gasteiger partial charge in [0.05, 0.1) is 6.10 Å². The number of likely N-dealkylation sites (tertiary alicyclic amines) is 1. The molecule has 2 bridgehead atoms. The van der Waals surface area contributed by atoms with Crippen molar-refractivity contribution in [3.63, 3.8) is 0 Å². The van der Waals surface area contributed by atoms with E-state index >= 15 is 0 Å². The SMILES string of the molecule is CC12CCC(CN3CCC(O)CC3)(CC1)CC2. The highest BCUT2D eigenvalue weighted by atomic mass is 16.3. The van der Waals surface area contributed by atoms with Gasteiger partial charge in [0, 0.05) is 19.6 Å². The summed E-state index contributed by atoms with van der Waals surface area (Å²) in [5.41, 5.74) is 1.35. The number of aliphatic hydroxyl groups is 1. The summed E-state index contributed by atoms with van der Waals surface area (Å²) in [7, 11) is 0. The lowest BCUT2D eigenvalue weighted by Gasteiger charge is -2.54. The summed E-state index contributed by atoms with van der Waals surface area (Å²) in [6, 6.07) is 0. The molecule has 0 spiro atoms. The summed E-state index contributed by atoms with van der Waals surface area (Å²) < 4.78 is 0. The topological polar surface area (TPSA) is 23.5 Å². The average molecular weight is 237 g/mol. The van der Waals surface area contributed by atoms with Crippen LogP contribution in [0.3, 0.4) is 0 Å². The molecule has 0 aromatic heterocycles. The third-order valence-electron chi connectivity index (χ3n) is 5.89. The maximum Gasteiger partial charge on any atom is 0.0564 e. The van der Waals surface area contributed by atoms with Gasteiger partial charge >= 0.3 is 0 Å². The molecule has 0 atom stereocenters. The Kier molecular flexibility index (Phi) is 2.99. The van der Waals surface area contributed by atoms with E-state index in [0.29, 0.717) is 10.8 Å². The van der Waals surface area contributed by atoms with E-state index in [4.69, 9.17) is 0 Å². The van der Waals surface area contributed by atoms with Gasteiger partial charge in [0.1, 0.15) is 0 Å². The summed E-state index contributed by atoms with van der Waals surface area (Å²) in [5.74, 6) is 0. The molecule has 1 heterocycles. The second-order valence-corrected chi connectivity index (χ2v) is 7.32. The standard InChI is InChI=1S/C15H27NO/c1-14-4-7-15(8-5-14,9-6-14)12-16-10-2-13(17)3-11-16/h13,17H,2-12H2,1H3. The lowest BCUT2D eigenvalue weighted by molar-refractivity contribution is -0.0312. The van der Waals surface area contributed by atoms with E-state index in [1.165, 1.54) is 45.1 Å². The van der Waals surface area contributed by atoms with Crippen LogP contribution < -0.4 is 0 Å². The Balaban J connectivity index is 1.58. The number of aliphatic hydroxyl groups excluding tert-OH is 1. The van der Waals surface area contributed by atoms with Gasteiger partial charge in [0.15, 0.2) is 0 Å². The van der Waals surface area contributed by atoms with E-state index in [0.717, 1.165) is 25.9 Å². The summed E-state index contributed by atoms with van der Waals surface area (Å²) in [6.07, 6.45) is 10.7. The van der Waals surface area contributed by atoms with E-state index in [9.17, 15) is 5.11 Å². The van der Waals surface area contributed by atoms with E-state index in [1.54, 1.807) is 0 Å². The smallest absolute Gasteiger partial charge is 0.0564 e. The first-order chi connectivity index (χ1) is 8.09. The molecule has 0 amide bonds. The monoisotopic (exact) mass is 237 g/mol. The van der Waals surface area contributed by atoms with Crippen molar-refractivity contribution in [2.45, 2.75) is 64.4 Å². The molecule has 98 valence electrons. The van der Waals surface area contributed by atoms with Crippen LogP contribution in [0, 0.1) is 10.8 Å². The second kappa shape index (κ2) is 4.24. The number of nitrogens with zero attached hydrogens (tertiary/aromatic N) is 1. The molecule has 1 saturated heterocycles. The van der Waals surface area contributed by atoms with Crippen LogP contribution in [-0.2, 0) is 0 Å². The fourth-order valence-electron chi connectivity index (χ4n) is 4.24. The molecule has 17 heavy (non-hydrogen) atoms. The van der Waals surface area contributed by atoms with Crippen molar-refractivity contribution in [2.24, 2.45) is 10.8 Å². The minimum atomic E-state index is -0.0234. The molecular formula is C15H27NO. The zero-order valence-corrected chi connectivity index (χ0v) is 11.2. The van der Waals surface area contributed by atoms with Crippen molar-refractivity contribution in [1.29, 1.82) is 0 Å². The number of hydrogen-bond donors (Lipinski definition) is 1. The minimum absolute atomic E-state index is 0.0234. The van der Waals surface area contributed by atoms with Gasteiger partial charge in [-0.15, -0.1) is 0 Å². The maximum absolute atomic E-state index is 9.57. The highest BCUT2D eigenvalue weighted by Gasteiger charge is 2.46. The van der Waals surface area contributed by atoms with Crippen LogP contribution in [0.2, 0.25) is 0 Å². The van der Waals surface area contributed by atoms with Gasteiger partial charge in [-0.05, 0) is 62.2 Å². The molecule has 3 saturated carbocycles. The molecule has 0 unspecified atom stereocenters. The van der Waals surface area contributed by atoms with Crippen LogP contribution in [0.5, 0.6) is 0 Å². The highest BCUT2D eigenvalue weighted by molar-refractivity contribution is 4.99. The van der Waals surface area contributed by atoms with Crippen LogP contribution in [0.15, 0.2) is 0 Å². The van der Waals surface area contributed by atoms with Crippen LogP contribution >= 0.6 is 0 Å². The zero-order valence-electron chi connectivity index (χ0n) is 11.2. The molecule has 2 heteroatoms. The van der Waals surface area contributed by atoms with Crippen molar-refractivity contribution < 1.29 is 5.11 Å². The summed E-state index contributed by atoms with van der Waals surface area (Å²) in [6.45, 7) is 6.06. The number of piperidine rings is 1. The predicted molar refractivity (Wildman–Crippen MR) is 69.9 cm³/mol. The predicted octanol–water partition coefficient (Wildman–Crippen LogP) is 2.80. The third kappa shape index (κ3) is 2.39. The lowest BCUT2D eigenvalue weighted by atomic mass is 9.54. The Morgan fingerprint density at radius 2 is 1.53 bits per heavy atom. The first-order valence-electron chi connectivity index (χ1n) is 7.50. The summed E-state index contributed by atoms with van der Waals surface area (Å²) in [4.78, 5) is 2.63. The summed E-state index contributed by atoms with van der Waals surface area (Å²) in [5, 5.41) is 9.57. The Morgan fingerprint density at radius 3 is 2.06 bits per heavy atom. The molecule has 1 aliphatic heterocycles. The molecule has 0 aromatic carbocycles. The van der Waals surface area contributed by atoms with Gasteiger partial charge < -0.3 is 10.0 Å². The Morgan fingerprint density at radius 1 is 1.00 bits per heavy atom. The largest absolute Gasteiger partial charge is 0.393 e. The fourth-order valence-corrected chi connectivity index (χ4v) is 4.24. The van der Waals surface area contributed by atoms with Gasteiger partial charge in [0.2, 0.25) is 0 Å². The second-order valence-electron chi connectivity index (χ2n) is 7.32. The van der Waals surface area contributed by atoms with Crippen molar-refractivity contribution >= 4 is 0 Å². The lowest BCUT2D eigenvalue weighted by Crippen LogP contribution is -2.48. The van der Waals surface area contributed by atoms with Gasteiger partial charge in [0.25, 0.3) is 0 Å². The number of hydrogen-bond acceptors (Lipinski definition) is 2. The number of rotatable bonds is 2. The average Bonchev–Trinajstić information content (AvgIpc) is 2.35. The Labute approximate surface area is 105 Å². The quantitative estimate of drug-likeness (QED) is 0.798. The molecule has 0 aromatic rings. The minimum Gasteiger partial charge on any atom is -0.393 e. The Hall–Kier alpha value is -0.0800. The van der Waals surface area contributed by atoms with Crippen LogP contribution in [0.1, 0.15) is 58.3 Å². The molecule has 3 aliphatic carbocycles. The normalized spacial score (nSPS) is 44.1. The summed E-state index contributed by atoms with van der Waals surface area (Å²) >= 11 is 0. The van der Waals surface area contributed by atoms with Crippen LogP contribution in [0.25, 0.3) is 0 Å². The number of fused-ring (bicyclic) bond motifs is 3. The molecule has 1 N–H and O–H groups in total. The van der Waals surface area contributed by atoms with Gasteiger partial charge in [-0.3, -0.25) is 0 Å². The molecule has 4 fully saturated rings. The van der Waals surface area contributed by atoms with Gasteiger partial charge in [-0.25, -0.2) is 0 Å². The first-order valence-corrected chi connectivity index (χ1v) is 7.50. The van der Waals surface area contributed by atoms with Crippen LogP contribution in [0.4, 0.5) is 0 Å². The third-order valence-corrected chi connectivity index (χ3v) is 5.89.